The van der Waals surface area contributed by atoms with Crippen LogP contribution < -0.4 is 5.32 Å². The van der Waals surface area contributed by atoms with E-state index in [-0.39, 0.29) is 18.1 Å². The van der Waals surface area contributed by atoms with Crippen LogP contribution in [-0.4, -0.2) is 78.4 Å². The Balaban J connectivity index is 0.000000272. The number of benzene rings is 1. The molecule has 1 aromatic heterocycles. The van der Waals surface area contributed by atoms with Gasteiger partial charge in [-0.3, -0.25) is 4.68 Å². The highest BCUT2D eigenvalue weighted by molar-refractivity contribution is 7.92. The molecule has 14 heteroatoms. The molecular formula is C25H32F3N5O5S. The van der Waals surface area contributed by atoms with Crippen LogP contribution in [0.15, 0.2) is 35.5 Å². The van der Waals surface area contributed by atoms with Crippen LogP contribution in [0.5, 0.6) is 0 Å². The zero-order valence-corrected chi connectivity index (χ0v) is 22.7. The second-order valence-corrected chi connectivity index (χ2v) is 12.1. The van der Waals surface area contributed by atoms with E-state index < -0.39 is 43.4 Å². The number of hydrogen-bond acceptors (Lipinski definition) is 7. The Bertz CT molecular complexity index is 1310. The molecular weight excluding hydrogens is 539 g/mol. The summed E-state index contributed by atoms with van der Waals surface area (Å²) in [5.74, 6) is 0. The van der Waals surface area contributed by atoms with Crippen LogP contribution in [0.1, 0.15) is 37.7 Å². The number of carboxylic acid groups (broad SMARTS) is 1. The first-order chi connectivity index (χ1) is 18.2. The highest BCUT2D eigenvalue weighted by Gasteiger charge is 2.42. The summed E-state index contributed by atoms with van der Waals surface area (Å²) in [5.41, 5.74) is -1.24. The number of nitriles is 1. The first-order valence-corrected chi connectivity index (χ1v) is 13.8. The second-order valence-electron chi connectivity index (χ2n) is 9.88. The molecule has 2 aliphatic rings. The number of rotatable bonds is 5. The quantitative estimate of drug-likeness (QED) is 0.555. The molecule has 1 amide bonds. The summed E-state index contributed by atoms with van der Waals surface area (Å²) < 4.78 is 73.1. The molecule has 2 atom stereocenters. The monoisotopic (exact) mass is 571 g/mol. The van der Waals surface area contributed by atoms with Gasteiger partial charge >= 0.3 is 12.3 Å². The average Bonchev–Trinajstić information content (AvgIpc) is 3.54. The van der Waals surface area contributed by atoms with Gasteiger partial charge in [0.15, 0.2) is 9.84 Å². The molecule has 0 unspecified atom stereocenters. The molecule has 1 aromatic carbocycles. The maximum atomic E-state index is 13.6. The van der Waals surface area contributed by atoms with Crippen molar-refractivity contribution in [2.75, 3.05) is 27.2 Å². The smallest absolute Gasteiger partial charge is 0.417 e. The Morgan fingerprint density at radius 1 is 1.23 bits per heavy atom. The minimum Gasteiger partial charge on any atom is -0.465 e. The first kappa shape index (κ1) is 30.4. The van der Waals surface area contributed by atoms with Gasteiger partial charge in [-0.05, 0) is 56.8 Å². The van der Waals surface area contributed by atoms with Gasteiger partial charge in [0.25, 0.3) is 0 Å². The van der Waals surface area contributed by atoms with E-state index in [4.69, 9.17) is 15.1 Å². The molecule has 10 nitrogen and oxygen atoms in total. The van der Waals surface area contributed by atoms with Gasteiger partial charge in [-0.2, -0.15) is 23.5 Å². The molecule has 1 saturated heterocycles. The zero-order chi connectivity index (χ0) is 29.0. The Hall–Kier alpha value is -3.15. The summed E-state index contributed by atoms with van der Waals surface area (Å²) in [6.07, 6.45) is -0.977. The summed E-state index contributed by atoms with van der Waals surface area (Å²) in [4.78, 5) is 11.9. The minimum atomic E-state index is -4.78. The number of sulfone groups is 1. The Labute approximate surface area is 225 Å². The van der Waals surface area contributed by atoms with Gasteiger partial charge in [0.2, 0.25) is 0 Å². The highest BCUT2D eigenvalue weighted by Crippen LogP contribution is 2.40. The topological polar surface area (TPSA) is 138 Å². The van der Waals surface area contributed by atoms with E-state index in [9.17, 15) is 26.4 Å². The van der Waals surface area contributed by atoms with Gasteiger partial charge in [0.05, 0.1) is 34.1 Å². The lowest BCUT2D eigenvalue weighted by Crippen LogP contribution is -2.53. The average molecular weight is 572 g/mol. The summed E-state index contributed by atoms with van der Waals surface area (Å²) in [5, 5.41) is 22.8. The maximum Gasteiger partial charge on any atom is 0.417 e. The number of halogens is 3. The number of methoxy groups -OCH3 is 1. The van der Waals surface area contributed by atoms with Crippen LogP contribution in [0.3, 0.4) is 0 Å². The lowest BCUT2D eigenvalue weighted by Gasteiger charge is -2.34. The van der Waals surface area contributed by atoms with Gasteiger partial charge in [-0.15, -0.1) is 0 Å². The van der Waals surface area contributed by atoms with Gasteiger partial charge in [-0.1, -0.05) is 6.07 Å². The number of ether oxygens (including phenoxy) is 1. The minimum absolute atomic E-state index is 0.209. The number of alkyl halides is 3. The highest BCUT2D eigenvalue weighted by atomic mass is 32.2. The Kier molecular flexibility index (Phi) is 9.30. The van der Waals surface area contributed by atoms with E-state index in [0.717, 1.165) is 25.2 Å². The second kappa shape index (κ2) is 11.9. The lowest BCUT2D eigenvalue weighted by atomic mass is 9.89. The van der Waals surface area contributed by atoms with Crippen molar-refractivity contribution in [3.05, 3.63) is 36.2 Å². The van der Waals surface area contributed by atoms with Gasteiger partial charge in [-0.25, -0.2) is 13.2 Å². The summed E-state index contributed by atoms with van der Waals surface area (Å²) in [6.45, 7) is 1.52. The lowest BCUT2D eigenvalue weighted by molar-refractivity contribution is -0.139. The van der Waals surface area contributed by atoms with Crippen molar-refractivity contribution in [2.45, 2.75) is 60.1 Å². The SMILES string of the molecule is CN1CCC(C#N)(NC(=O)O)CC1.CO[C@@H]1CC[C@@H](S(=O)(=O)c2ccc(-c3cnn(C)c3)cc2C(F)(F)F)C1. The molecule has 1 aliphatic heterocycles. The molecule has 2 N–H and O–H groups in total. The van der Waals surface area contributed by atoms with Crippen LogP contribution in [0.2, 0.25) is 0 Å². The number of amides is 1. The molecule has 2 aromatic rings. The number of piperidine rings is 1. The van der Waals surface area contributed by atoms with Crippen molar-refractivity contribution in [1.29, 1.82) is 5.26 Å². The van der Waals surface area contributed by atoms with Crippen LogP contribution in [0.4, 0.5) is 18.0 Å². The molecule has 2 fully saturated rings. The van der Waals surface area contributed by atoms with Crippen LogP contribution >= 0.6 is 0 Å². The van der Waals surface area contributed by atoms with E-state index in [1.165, 1.54) is 24.1 Å². The standard InChI is InChI=1S/C17H19F3N2O3S.C8H13N3O2/c1-22-10-12(9-21-22)11-3-6-16(15(7-11)17(18,19)20)26(23,24)14-5-4-13(8-14)25-2;1-11-4-2-8(6-9,3-5-11)10-7(12)13/h3,6-7,9-10,13-14H,4-5,8H2,1-2H3;10H,2-5H2,1H3,(H,12,13)/t13-,14-;/m1./s1. The predicted octanol–water partition coefficient (Wildman–Crippen LogP) is 3.69. The van der Waals surface area contributed by atoms with Crippen molar-refractivity contribution in [2.24, 2.45) is 7.05 Å². The van der Waals surface area contributed by atoms with E-state index in [2.05, 4.69) is 21.4 Å². The Morgan fingerprint density at radius 3 is 2.38 bits per heavy atom. The fourth-order valence-electron chi connectivity index (χ4n) is 4.80. The van der Waals surface area contributed by atoms with Crippen molar-refractivity contribution >= 4 is 15.9 Å². The third kappa shape index (κ3) is 7.28. The fraction of sp³-hybridized carbons (Fsp3) is 0.560. The summed E-state index contributed by atoms with van der Waals surface area (Å²) in [6, 6.07) is 5.38. The fourth-order valence-corrected chi connectivity index (χ4v) is 6.81. The number of carbonyl (C=O) groups is 1. The van der Waals surface area contributed by atoms with Gasteiger partial charge < -0.3 is 20.1 Å². The van der Waals surface area contributed by atoms with Crippen molar-refractivity contribution in [1.82, 2.24) is 20.0 Å². The molecule has 0 spiro atoms. The molecule has 0 radical (unpaired) electrons. The number of likely N-dealkylation sites (tertiary alicyclic amines) is 1. The Morgan fingerprint density at radius 2 is 1.90 bits per heavy atom. The third-order valence-corrected chi connectivity index (χ3v) is 9.41. The molecule has 2 heterocycles. The van der Waals surface area contributed by atoms with Crippen LogP contribution in [0.25, 0.3) is 11.1 Å². The van der Waals surface area contributed by atoms with Crippen molar-refractivity contribution in [3.63, 3.8) is 0 Å². The van der Waals surface area contributed by atoms with Gasteiger partial charge in [0, 0.05) is 39.0 Å². The van der Waals surface area contributed by atoms with Crippen LogP contribution in [-0.2, 0) is 27.8 Å². The maximum absolute atomic E-state index is 13.6. The summed E-state index contributed by atoms with van der Waals surface area (Å²) >= 11 is 0. The predicted molar refractivity (Wildman–Crippen MR) is 136 cm³/mol. The number of aromatic nitrogens is 2. The number of hydrogen-bond donors (Lipinski definition) is 2. The van der Waals surface area contributed by atoms with Gasteiger partial charge in [0.1, 0.15) is 5.54 Å². The molecule has 214 valence electrons. The van der Waals surface area contributed by atoms with E-state index >= 15 is 0 Å². The number of nitrogens with zero attached hydrogens (tertiary/aromatic N) is 4. The number of nitrogens with one attached hydrogen (secondary N) is 1. The summed E-state index contributed by atoms with van der Waals surface area (Å²) in [7, 11) is 0.978. The van der Waals surface area contributed by atoms with Crippen molar-refractivity contribution < 1.29 is 36.2 Å². The molecule has 0 bridgehead atoms. The molecule has 1 saturated carbocycles. The van der Waals surface area contributed by atoms with E-state index in [1.807, 2.05) is 7.05 Å². The van der Waals surface area contributed by atoms with E-state index in [1.54, 1.807) is 13.2 Å². The zero-order valence-electron chi connectivity index (χ0n) is 21.9. The molecule has 4 rings (SSSR count). The number of aryl methyl sites for hydroxylation is 1. The molecule has 39 heavy (non-hydrogen) atoms. The van der Waals surface area contributed by atoms with E-state index in [0.29, 0.717) is 31.2 Å². The van der Waals surface area contributed by atoms with Crippen molar-refractivity contribution in [3.8, 4) is 17.2 Å². The largest absolute Gasteiger partial charge is 0.465 e. The third-order valence-electron chi connectivity index (χ3n) is 7.14. The molecule has 1 aliphatic carbocycles. The first-order valence-electron chi connectivity index (χ1n) is 12.3. The van der Waals surface area contributed by atoms with Crippen LogP contribution in [0, 0.1) is 11.3 Å². The normalized spacial score (nSPS) is 21.5.